The average molecular weight is 447 g/mol. The number of carbonyl (C=O) groups excluding carboxylic acids is 3. The normalized spacial score (nSPS) is 13.5. The van der Waals surface area contributed by atoms with Gasteiger partial charge < -0.3 is 24.0 Å². The van der Waals surface area contributed by atoms with Crippen LogP contribution in [0.5, 0.6) is 11.5 Å². The molecule has 1 saturated heterocycles. The summed E-state index contributed by atoms with van der Waals surface area (Å²) in [5.74, 6) is 0.586. The van der Waals surface area contributed by atoms with Gasteiger partial charge in [-0.3, -0.25) is 9.59 Å². The Hall–Kier alpha value is -3.26. The lowest BCUT2D eigenvalue weighted by Crippen LogP contribution is -2.51. The van der Waals surface area contributed by atoms with Gasteiger partial charge in [-0.05, 0) is 55.5 Å². The Morgan fingerprint density at radius 1 is 0.871 bits per heavy atom. The zero-order valence-corrected chi connectivity index (χ0v) is 17.8. The second kappa shape index (κ2) is 10.7. The smallest absolute Gasteiger partial charge is 0.484 e. The van der Waals surface area contributed by atoms with Crippen LogP contribution < -0.4 is 9.47 Å². The van der Waals surface area contributed by atoms with E-state index in [2.05, 4.69) is 0 Å². The number of rotatable bonds is 6. The SMILES string of the molecule is CCOC(=O)Oc1ccc(C(=O)N2CCN(C(=O)COc3ccc(Cl)cc3)CC2)cc1. The Morgan fingerprint density at radius 2 is 1.45 bits per heavy atom. The highest BCUT2D eigenvalue weighted by Crippen LogP contribution is 2.17. The van der Waals surface area contributed by atoms with E-state index in [1.165, 1.54) is 12.1 Å². The van der Waals surface area contributed by atoms with Crippen molar-refractivity contribution in [3.63, 3.8) is 0 Å². The van der Waals surface area contributed by atoms with Crippen molar-refractivity contribution in [3.05, 3.63) is 59.1 Å². The number of nitrogens with zero attached hydrogens (tertiary/aromatic N) is 2. The molecule has 2 amide bonds. The van der Waals surface area contributed by atoms with Gasteiger partial charge in [0.2, 0.25) is 0 Å². The molecule has 0 unspecified atom stereocenters. The molecule has 31 heavy (non-hydrogen) atoms. The zero-order chi connectivity index (χ0) is 22.2. The lowest BCUT2D eigenvalue weighted by Gasteiger charge is -2.34. The van der Waals surface area contributed by atoms with Gasteiger partial charge in [-0.15, -0.1) is 0 Å². The topological polar surface area (TPSA) is 85.4 Å². The highest BCUT2D eigenvalue weighted by molar-refractivity contribution is 6.30. The summed E-state index contributed by atoms with van der Waals surface area (Å²) in [6.07, 6.45) is -0.789. The first-order valence-corrected chi connectivity index (χ1v) is 10.2. The van der Waals surface area contributed by atoms with Gasteiger partial charge in [-0.2, -0.15) is 0 Å². The molecule has 9 heteroatoms. The third-order valence-electron chi connectivity index (χ3n) is 4.66. The van der Waals surface area contributed by atoms with Crippen molar-refractivity contribution in [3.8, 4) is 11.5 Å². The van der Waals surface area contributed by atoms with Crippen LogP contribution in [0.3, 0.4) is 0 Å². The van der Waals surface area contributed by atoms with E-state index in [1.54, 1.807) is 53.1 Å². The van der Waals surface area contributed by atoms with Crippen LogP contribution in [0.2, 0.25) is 5.02 Å². The van der Waals surface area contributed by atoms with Gasteiger partial charge in [0.25, 0.3) is 11.8 Å². The fourth-order valence-electron chi connectivity index (χ4n) is 3.02. The minimum absolute atomic E-state index is 0.0719. The van der Waals surface area contributed by atoms with Gasteiger partial charge in [0, 0.05) is 36.8 Å². The summed E-state index contributed by atoms with van der Waals surface area (Å²) >= 11 is 5.83. The van der Waals surface area contributed by atoms with Gasteiger partial charge in [-0.1, -0.05) is 11.6 Å². The lowest BCUT2D eigenvalue weighted by molar-refractivity contribution is -0.134. The van der Waals surface area contributed by atoms with Gasteiger partial charge in [0.1, 0.15) is 11.5 Å². The summed E-state index contributed by atoms with van der Waals surface area (Å²) in [6.45, 7) is 3.54. The molecule has 0 bridgehead atoms. The monoisotopic (exact) mass is 446 g/mol. The molecule has 0 aliphatic carbocycles. The molecule has 0 radical (unpaired) electrons. The van der Waals surface area contributed by atoms with Crippen molar-refractivity contribution < 1.29 is 28.6 Å². The van der Waals surface area contributed by atoms with E-state index < -0.39 is 6.16 Å². The van der Waals surface area contributed by atoms with E-state index in [1.807, 2.05) is 0 Å². The molecule has 0 spiro atoms. The van der Waals surface area contributed by atoms with Crippen LogP contribution >= 0.6 is 11.6 Å². The van der Waals surface area contributed by atoms with E-state index in [0.29, 0.717) is 48.3 Å². The Morgan fingerprint density at radius 3 is 2.06 bits per heavy atom. The van der Waals surface area contributed by atoms with E-state index in [4.69, 9.17) is 25.8 Å². The number of ether oxygens (including phenoxy) is 3. The maximum atomic E-state index is 12.7. The number of benzene rings is 2. The molecule has 2 aromatic carbocycles. The molecule has 1 aliphatic heterocycles. The first-order chi connectivity index (χ1) is 15.0. The number of amides is 2. The van der Waals surface area contributed by atoms with Crippen LogP contribution in [0.15, 0.2) is 48.5 Å². The Labute approximate surface area is 185 Å². The highest BCUT2D eigenvalue weighted by atomic mass is 35.5. The number of hydrogen-bond acceptors (Lipinski definition) is 6. The molecule has 0 saturated carbocycles. The van der Waals surface area contributed by atoms with E-state index in [9.17, 15) is 14.4 Å². The summed E-state index contributed by atoms with van der Waals surface area (Å²) < 4.78 is 15.2. The molecule has 0 aromatic heterocycles. The molecule has 0 N–H and O–H groups in total. The number of hydrogen-bond donors (Lipinski definition) is 0. The summed E-state index contributed by atoms with van der Waals surface area (Å²) in [5, 5.41) is 0.598. The van der Waals surface area contributed by atoms with E-state index in [0.717, 1.165) is 0 Å². The van der Waals surface area contributed by atoms with Crippen molar-refractivity contribution >= 4 is 29.6 Å². The fourth-order valence-corrected chi connectivity index (χ4v) is 3.14. The Kier molecular flexibility index (Phi) is 7.72. The van der Waals surface area contributed by atoms with Crippen LogP contribution in [-0.2, 0) is 9.53 Å². The van der Waals surface area contributed by atoms with Crippen LogP contribution in [0, 0.1) is 0 Å². The molecule has 1 aliphatic rings. The molecule has 0 atom stereocenters. The quantitative estimate of drug-likeness (QED) is 0.500. The second-order valence-electron chi connectivity index (χ2n) is 6.73. The molecule has 8 nitrogen and oxygen atoms in total. The first kappa shape index (κ1) is 22.4. The maximum Gasteiger partial charge on any atom is 0.513 e. The predicted molar refractivity (Wildman–Crippen MR) is 114 cm³/mol. The first-order valence-electron chi connectivity index (χ1n) is 9.86. The number of piperazine rings is 1. The van der Waals surface area contributed by atoms with Crippen molar-refractivity contribution in [2.75, 3.05) is 39.4 Å². The molecular formula is C22H23ClN2O6. The predicted octanol–water partition coefficient (Wildman–Crippen LogP) is 3.24. The third kappa shape index (κ3) is 6.36. The summed E-state index contributed by atoms with van der Waals surface area (Å²) in [7, 11) is 0. The largest absolute Gasteiger partial charge is 0.513 e. The average Bonchev–Trinajstić information content (AvgIpc) is 2.79. The minimum Gasteiger partial charge on any atom is -0.484 e. The molecule has 1 heterocycles. The van der Waals surface area contributed by atoms with E-state index >= 15 is 0 Å². The van der Waals surface area contributed by atoms with Crippen LogP contribution in [0.4, 0.5) is 4.79 Å². The Bertz CT molecular complexity index is 909. The maximum absolute atomic E-state index is 12.7. The van der Waals surface area contributed by atoms with Crippen molar-refractivity contribution in [2.45, 2.75) is 6.92 Å². The van der Waals surface area contributed by atoms with Crippen molar-refractivity contribution in [1.82, 2.24) is 9.80 Å². The molecule has 164 valence electrons. The van der Waals surface area contributed by atoms with Crippen LogP contribution in [-0.4, -0.2) is 67.2 Å². The summed E-state index contributed by atoms with van der Waals surface area (Å²) in [4.78, 5) is 39.8. The number of carbonyl (C=O) groups is 3. The summed E-state index contributed by atoms with van der Waals surface area (Å²) in [5.41, 5.74) is 0.474. The van der Waals surface area contributed by atoms with Gasteiger partial charge in [-0.25, -0.2) is 4.79 Å². The Balaban J connectivity index is 1.46. The van der Waals surface area contributed by atoms with Gasteiger partial charge >= 0.3 is 6.16 Å². The molecule has 3 rings (SSSR count). The van der Waals surface area contributed by atoms with Crippen molar-refractivity contribution in [1.29, 1.82) is 0 Å². The van der Waals surface area contributed by atoms with Crippen molar-refractivity contribution in [2.24, 2.45) is 0 Å². The minimum atomic E-state index is -0.789. The standard InChI is InChI=1S/C22H23ClN2O6/c1-2-29-22(28)31-19-7-3-16(4-8-19)21(27)25-13-11-24(12-14-25)20(26)15-30-18-9-5-17(23)6-10-18/h3-10H,2,11-15H2,1H3. The zero-order valence-electron chi connectivity index (χ0n) is 17.1. The van der Waals surface area contributed by atoms with Crippen LogP contribution in [0.1, 0.15) is 17.3 Å². The molecule has 2 aromatic rings. The lowest BCUT2D eigenvalue weighted by atomic mass is 10.1. The number of halogens is 1. The second-order valence-corrected chi connectivity index (χ2v) is 7.16. The summed E-state index contributed by atoms with van der Waals surface area (Å²) in [6, 6.07) is 13.1. The van der Waals surface area contributed by atoms with E-state index in [-0.39, 0.29) is 25.0 Å². The molecular weight excluding hydrogens is 424 g/mol. The fraction of sp³-hybridized carbons (Fsp3) is 0.318. The highest BCUT2D eigenvalue weighted by Gasteiger charge is 2.25. The third-order valence-corrected chi connectivity index (χ3v) is 4.91. The molecule has 1 fully saturated rings. The van der Waals surface area contributed by atoms with Crippen LogP contribution in [0.25, 0.3) is 0 Å². The van der Waals surface area contributed by atoms with Gasteiger partial charge in [0.15, 0.2) is 6.61 Å². The van der Waals surface area contributed by atoms with Gasteiger partial charge in [0.05, 0.1) is 6.61 Å².